The van der Waals surface area contributed by atoms with Crippen LogP contribution >= 0.6 is 11.8 Å². The average Bonchev–Trinajstić information content (AvgIpc) is 2.65. The van der Waals surface area contributed by atoms with Crippen molar-refractivity contribution in [1.82, 2.24) is 10.3 Å². The van der Waals surface area contributed by atoms with Gasteiger partial charge >= 0.3 is 0 Å². The highest BCUT2D eigenvalue weighted by atomic mass is 32.2. The number of nitrogens with one attached hydrogen (secondary N) is 1. The Morgan fingerprint density at radius 2 is 1.92 bits per heavy atom. The predicted octanol–water partition coefficient (Wildman–Crippen LogP) is 3.83. The first-order valence-electron chi connectivity index (χ1n) is 8.15. The number of amides is 1. The molecule has 0 aliphatic rings. The van der Waals surface area contributed by atoms with Crippen molar-refractivity contribution in [3.63, 3.8) is 0 Å². The molecular formula is C20H20N2O2S. The second-order valence-corrected chi connectivity index (χ2v) is 6.80. The molecule has 0 aliphatic carbocycles. The number of carbonyl (C=O) groups excluding carboxylic acids is 1. The molecule has 3 rings (SSSR count). The van der Waals surface area contributed by atoms with Crippen LogP contribution in [0, 0.1) is 6.92 Å². The van der Waals surface area contributed by atoms with Crippen LogP contribution in [0.25, 0.3) is 10.9 Å². The second kappa shape index (κ2) is 8.53. The minimum Gasteiger partial charge on any atom is -0.481 e. The van der Waals surface area contributed by atoms with Crippen molar-refractivity contribution in [2.75, 3.05) is 18.9 Å². The number of hydrogen-bond acceptors (Lipinski definition) is 4. The lowest BCUT2D eigenvalue weighted by atomic mass is 10.2. The number of aromatic nitrogens is 1. The van der Waals surface area contributed by atoms with Crippen molar-refractivity contribution in [1.29, 1.82) is 0 Å². The van der Waals surface area contributed by atoms with Crippen molar-refractivity contribution in [2.45, 2.75) is 11.8 Å². The van der Waals surface area contributed by atoms with Crippen LogP contribution in [0.5, 0.6) is 5.75 Å². The molecule has 128 valence electrons. The number of pyridine rings is 1. The Kier molecular flexibility index (Phi) is 5.90. The molecular weight excluding hydrogens is 332 g/mol. The fourth-order valence-corrected chi connectivity index (χ4v) is 3.15. The number of benzene rings is 2. The number of nitrogens with zero attached hydrogens (tertiary/aromatic N) is 1. The summed E-state index contributed by atoms with van der Waals surface area (Å²) >= 11 is 1.72. The smallest absolute Gasteiger partial charge is 0.257 e. The fourth-order valence-electron chi connectivity index (χ4n) is 2.38. The van der Waals surface area contributed by atoms with Crippen LogP contribution in [0.2, 0.25) is 0 Å². The van der Waals surface area contributed by atoms with Gasteiger partial charge in [-0.2, -0.15) is 0 Å². The van der Waals surface area contributed by atoms with Crippen LogP contribution < -0.4 is 10.1 Å². The summed E-state index contributed by atoms with van der Waals surface area (Å²) in [6, 6.07) is 17.9. The van der Waals surface area contributed by atoms with Crippen LogP contribution in [0.1, 0.15) is 5.56 Å². The zero-order valence-corrected chi connectivity index (χ0v) is 14.9. The van der Waals surface area contributed by atoms with E-state index in [4.69, 9.17) is 4.74 Å². The molecule has 0 fully saturated rings. The molecule has 1 heterocycles. The monoisotopic (exact) mass is 352 g/mol. The molecule has 4 nitrogen and oxygen atoms in total. The molecule has 25 heavy (non-hydrogen) atoms. The lowest BCUT2D eigenvalue weighted by molar-refractivity contribution is -0.122. The van der Waals surface area contributed by atoms with Crippen molar-refractivity contribution in [3.05, 3.63) is 66.4 Å². The highest BCUT2D eigenvalue weighted by molar-refractivity contribution is 7.99. The first-order valence-corrected chi connectivity index (χ1v) is 9.13. The Labute approximate surface area is 151 Å². The van der Waals surface area contributed by atoms with Crippen LogP contribution in [0.15, 0.2) is 65.7 Å². The van der Waals surface area contributed by atoms with E-state index in [1.54, 1.807) is 18.0 Å². The third-order valence-electron chi connectivity index (χ3n) is 3.67. The maximum atomic E-state index is 11.9. The normalized spacial score (nSPS) is 10.6. The molecule has 0 saturated heterocycles. The van der Waals surface area contributed by atoms with Gasteiger partial charge in [0.15, 0.2) is 6.61 Å². The Balaban J connectivity index is 1.42. The quantitative estimate of drug-likeness (QED) is 0.519. The van der Waals surface area contributed by atoms with E-state index in [1.165, 1.54) is 10.5 Å². The highest BCUT2D eigenvalue weighted by Gasteiger charge is 2.06. The molecule has 0 unspecified atom stereocenters. The van der Waals surface area contributed by atoms with Gasteiger partial charge in [0.05, 0.1) is 0 Å². The van der Waals surface area contributed by atoms with Gasteiger partial charge in [-0.3, -0.25) is 9.78 Å². The summed E-state index contributed by atoms with van der Waals surface area (Å²) in [5.41, 5.74) is 2.02. The second-order valence-electron chi connectivity index (χ2n) is 5.63. The Hall–Kier alpha value is -2.53. The van der Waals surface area contributed by atoms with Gasteiger partial charge < -0.3 is 10.1 Å². The summed E-state index contributed by atoms with van der Waals surface area (Å²) < 4.78 is 5.63. The Bertz CT molecular complexity index is 844. The third kappa shape index (κ3) is 4.97. The number of thioether (sulfide) groups is 1. The summed E-state index contributed by atoms with van der Waals surface area (Å²) in [6.45, 7) is 2.67. The average molecular weight is 352 g/mol. The van der Waals surface area contributed by atoms with Gasteiger partial charge in [-0.25, -0.2) is 0 Å². The van der Waals surface area contributed by atoms with E-state index in [2.05, 4.69) is 41.5 Å². The number of aryl methyl sites for hydroxylation is 1. The van der Waals surface area contributed by atoms with Gasteiger partial charge in [-0.05, 0) is 31.2 Å². The number of fused-ring (bicyclic) bond motifs is 1. The van der Waals surface area contributed by atoms with Gasteiger partial charge in [-0.15, -0.1) is 11.8 Å². The Morgan fingerprint density at radius 1 is 1.12 bits per heavy atom. The van der Waals surface area contributed by atoms with E-state index in [0.29, 0.717) is 12.3 Å². The maximum absolute atomic E-state index is 11.9. The molecule has 0 aliphatic heterocycles. The van der Waals surface area contributed by atoms with Crippen molar-refractivity contribution in [3.8, 4) is 5.75 Å². The van der Waals surface area contributed by atoms with Crippen LogP contribution in [-0.4, -0.2) is 29.8 Å². The molecule has 1 aromatic heterocycles. The van der Waals surface area contributed by atoms with Crippen LogP contribution in [0.4, 0.5) is 0 Å². The van der Waals surface area contributed by atoms with Gasteiger partial charge in [0.25, 0.3) is 5.91 Å². The fraction of sp³-hybridized carbons (Fsp3) is 0.200. The van der Waals surface area contributed by atoms with E-state index in [0.717, 1.165) is 16.7 Å². The van der Waals surface area contributed by atoms with E-state index in [-0.39, 0.29) is 12.5 Å². The summed E-state index contributed by atoms with van der Waals surface area (Å²) in [5, 5.41) is 3.87. The van der Waals surface area contributed by atoms with Gasteiger partial charge in [0.2, 0.25) is 0 Å². The van der Waals surface area contributed by atoms with Gasteiger partial charge in [-0.1, -0.05) is 35.9 Å². The topological polar surface area (TPSA) is 51.2 Å². The van der Waals surface area contributed by atoms with Crippen molar-refractivity contribution in [2.24, 2.45) is 0 Å². The minimum absolute atomic E-state index is 0.00904. The van der Waals surface area contributed by atoms with Crippen molar-refractivity contribution < 1.29 is 9.53 Å². The number of carbonyl (C=O) groups is 1. The summed E-state index contributed by atoms with van der Waals surface area (Å²) in [4.78, 5) is 17.5. The summed E-state index contributed by atoms with van der Waals surface area (Å²) in [5.74, 6) is 1.32. The van der Waals surface area contributed by atoms with Gasteiger partial charge in [0.1, 0.15) is 11.3 Å². The van der Waals surface area contributed by atoms with Gasteiger partial charge in [0, 0.05) is 28.8 Å². The maximum Gasteiger partial charge on any atom is 0.257 e. The van der Waals surface area contributed by atoms with E-state index in [1.807, 2.05) is 30.3 Å². The largest absolute Gasteiger partial charge is 0.481 e. The first kappa shape index (κ1) is 17.3. The van der Waals surface area contributed by atoms with E-state index >= 15 is 0 Å². The lowest BCUT2D eigenvalue weighted by Crippen LogP contribution is -2.30. The summed E-state index contributed by atoms with van der Waals surface area (Å²) in [6.07, 6.45) is 1.72. The molecule has 0 saturated carbocycles. The first-order chi connectivity index (χ1) is 12.2. The number of hydrogen-bond donors (Lipinski definition) is 1. The predicted molar refractivity (Wildman–Crippen MR) is 102 cm³/mol. The Morgan fingerprint density at radius 3 is 2.76 bits per heavy atom. The molecule has 5 heteroatoms. The summed E-state index contributed by atoms with van der Waals surface area (Å²) in [7, 11) is 0. The minimum atomic E-state index is -0.127. The number of ether oxygens (including phenoxy) is 1. The van der Waals surface area contributed by atoms with Crippen LogP contribution in [-0.2, 0) is 4.79 Å². The van der Waals surface area contributed by atoms with Crippen molar-refractivity contribution >= 4 is 28.6 Å². The van der Waals surface area contributed by atoms with Crippen LogP contribution in [0.3, 0.4) is 0 Å². The molecule has 1 N–H and O–H groups in total. The zero-order valence-electron chi connectivity index (χ0n) is 14.1. The molecule has 0 radical (unpaired) electrons. The third-order valence-corrected chi connectivity index (χ3v) is 4.68. The molecule has 0 bridgehead atoms. The number of para-hydroxylation sites is 1. The highest BCUT2D eigenvalue weighted by Crippen LogP contribution is 2.22. The molecule has 2 aromatic carbocycles. The molecule has 0 atom stereocenters. The standard InChI is InChI=1S/C20H20N2O2S/c1-15-7-9-17(10-8-15)25-13-12-21-19(23)14-24-18-6-2-4-16-5-3-11-22-20(16)18/h2-11H,12-14H2,1H3,(H,21,23). The molecule has 3 aromatic rings. The lowest BCUT2D eigenvalue weighted by Gasteiger charge is -2.09. The van der Waals surface area contributed by atoms with E-state index in [9.17, 15) is 4.79 Å². The SMILES string of the molecule is Cc1ccc(SCCNC(=O)COc2cccc3cccnc23)cc1. The number of rotatable bonds is 7. The van der Waals surface area contributed by atoms with E-state index < -0.39 is 0 Å². The molecule has 1 amide bonds. The molecule has 0 spiro atoms. The zero-order chi connectivity index (χ0) is 17.5.